The molecule has 228 valence electrons. The number of hydrogen-bond donors (Lipinski definition) is 0. The maximum atomic E-state index is 13.9. The number of rotatable bonds is 10. The first-order chi connectivity index (χ1) is 20.6. The molecule has 0 bridgehead atoms. The summed E-state index contributed by atoms with van der Waals surface area (Å²) in [4.78, 5) is 30.9. The Morgan fingerprint density at radius 1 is 0.977 bits per heavy atom. The highest BCUT2D eigenvalue weighted by Crippen LogP contribution is 2.44. The Kier molecular flexibility index (Phi) is 9.95. The van der Waals surface area contributed by atoms with E-state index in [0.717, 1.165) is 65.7 Å². The van der Waals surface area contributed by atoms with Crippen molar-refractivity contribution in [3.05, 3.63) is 95.1 Å². The average molecular weight is 602 g/mol. The number of benzene rings is 3. The number of carbonyl (C=O) groups excluding carboxylic acids is 2. The van der Waals surface area contributed by atoms with Gasteiger partial charge in [-0.2, -0.15) is 0 Å². The Morgan fingerprint density at radius 3 is 2.37 bits per heavy atom. The van der Waals surface area contributed by atoms with Crippen LogP contribution in [0.2, 0.25) is 0 Å². The molecule has 5 rings (SSSR count). The first kappa shape index (κ1) is 31.3. The Bertz CT molecular complexity index is 1380. The Balaban J connectivity index is 1.34. The number of morpholine rings is 1. The zero-order valence-corrected chi connectivity index (χ0v) is 26.6. The fourth-order valence-electron chi connectivity index (χ4n) is 5.78. The largest absolute Gasteiger partial charge is 0.492 e. The minimum absolute atomic E-state index is 0.0958. The van der Waals surface area contributed by atoms with Crippen LogP contribution >= 0.6 is 11.8 Å². The highest BCUT2D eigenvalue weighted by atomic mass is 32.2. The number of ether oxygens (including phenoxy) is 3. The second-order valence-electron chi connectivity index (χ2n) is 12.6. The molecular weight excluding hydrogens is 558 g/mol. The molecule has 3 aromatic carbocycles. The molecule has 0 radical (unpaired) electrons. The molecule has 0 saturated carbocycles. The van der Waals surface area contributed by atoms with E-state index in [-0.39, 0.29) is 17.6 Å². The number of carbonyl (C=O) groups is 2. The summed E-state index contributed by atoms with van der Waals surface area (Å²) in [5.74, 6) is 0.189. The fourth-order valence-corrected chi connectivity index (χ4v) is 7.15. The molecule has 0 spiro atoms. The molecule has 2 saturated heterocycles. The number of nitrogens with zero attached hydrogens (tertiary/aromatic N) is 1. The third-order valence-corrected chi connectivity index (χ3v) is 9.56. The molecule has 7 heteroatoms. The third-order valence-electron chi connectivity index (χ3n) is 8.27. The second-order valence-corrected chi connectivity index (χ2v) is 13.8. The van der Waals surface area contributed by atoms with Crippen molar-refractivity contribution >= 4 is 23.5 Å². The summed E-state index contributed by atoms with van der Waals surface area (Å²) in [6, 6.07) is 24.1. The SMILES string of the molecule is Cc1ccc(C(C)(C)C)c(SC2C(=O)CC(CCc3ccccc3)(c3ccc(OCCN4CCOCC4)cc3)OC2=O)c1. The van der Waals surface area contributed by atoms with Crippen LogP contribution in [0.5, 0.6) is 5.75 Å². The van der Waals surface area contributed by atoms with E-state index < -0.39 is 16.8 Å². The Labute approximate surface area is 260 Å². The third kappa shape index (κ3) is 7.88. The number of thioether (sulfide) groups is 1. The number of aryl methyl sites for hydroxylation is 2. The highest BCUT2D eigenvalue weighted by molar-refractivity contribution is 8.01. The second kappa shape index (κ2) is 13.7. The minimum atomic E-state index is -1.03. The quantitative estimate of drug-likeness (QED) is 0.194. The summed E-state index contributed by atoms with van der Waals surface area (Å²) in [6.45, 7) is 13.3. The molecule has 0 amide bonds. The van der Waals surface area contributed by atoms with Crippen molar-refractivity contribution in [3.8, 4) is 5.75 Å². The molecule has 0 N–H and O–H groups in total. The van der Waals surface area contributed by atoms with Crippen molar-refractivity contribution in [2.75, 3.05) is 39.5 Å². The summed E-state index contributed by atoms with van der Waals surface area (Å²) < 4.78 is 17.8. The zero-order valence-electron chi connectivity index (χ0n) is 25.8. The molecule has 2 fully saturated rings. The van der Waals surface area contributed by atoms with Crippen LogP contribution in [0, 0.1) is 6.92 Å². The smallest absolute Gasteiger partial charge is 0.327 e. The van der Waals surface area contributed by atoms with Gasteiger partial charge in [-0.05, 0) is 65.6 Å². The lowest BCUT2D eigenvalue weighted by atomic mass is 9.81. The van der Waals surface area contributed by atoms with Crippen molar-refractivity contribution < 1.29 is 23.8 Å². The lowest BCUT2D eigenvalue weighted by Gasteiger charge is -2.39. The first-order valence-electron chi connectivity index (χ1n) is 15.2. The number of cyclic esters (lactones) is 1. The van der Waals surface area contributed by atoms with Gasteiger partial charge < -0.3 is 14.2 Å². The topological polar surface area (TPSA) is 65.1 Å². The Morgan fingerprint density at radius 2 is 1.70 bits per heavy atom. The molecule has 0 aliphatic carbocycles. The standard InChI is InChI=1S/C36H43NO5S/c1-26-10-15-30(35(2,3)4)32(24-26)43-33-31(38)25-36(42-34(33)39,17-16-27-8-6-5-7-9-27)28-11-13-29(14-12-28)41-23-20-37-18-21-40-22-19-37/h5-15,24,33H,16-23,25H2,1-4H3. The molecule has 2 heterocycles. The predicted octanol–water partition coefficient (Wildman–Crippen LogP) is 6.51. The van der Waals surface area contributed by atoms with Crippen molar-refractivity contribution in [1.82, 2.24) is 4.90 Å². The molecule has 2 aliphatic heterocycles. The average Bonchev–Trinajstić information content (AvgIpc) is 2.99. The number of esters is 1. The van der Waals surface area contributed by atoms with Gasteiger partial charge in [0.05, 0.1) is 19.6 Å². The van der Waals surface area contributed by atoms with Crippen LogP contribution in [0.3, 0.4) is 0 Å². The van der Waals surface area contributed by atoms with Gasteiger partial charge in [0, 0.05) is 24.5 Å². The van der Waals surface area contributed by atoms with Crippen LogP contribution in [0.25, 0.3) is 0 Å². The molecule has 2 aliphatic rings. The van der Waals surface area contributed by atoms with Crippen LogP contribution < -0.4 is 4.74 Å². The van der Waals surface area contributed by atoms with Crippen molar-refractivity contribution in [2.24, 2.45) is 0 Å². The van der Waals surface area contributed by atoms with Crippen LogP contribution in [-0.4, -0.2) is 61.4 Å². The van der Waals surface area contributed by atoms with Crippen molar-refractivity contribution in [1.29, 1.82) is 0 Å². The fraction of sp³-hybridized carbons (Fsp3) is 0.444. The number of ketones is 1. The first-order valence-corrected chi connectivity index (χ1v) is 16.1. The summed E-state index contributed by atoms with van der Waals surface area (Å²) in [5.41, 5.74) is 3.01. The van der Waals surface area contributed by atoms with E-state index in [4.69, 9.17) is 14.2 Å². The molecule has 2 unspecified atom stereocenters. The van der Waals surface area contributed by atoms with Gasteiger partial charge in [-0.15, -0.1) is 11.8 Å². The van der Waals surface area contributed by atoms with E-state index in [9.17, 15) is 9.59 Å². The summed E-state index contributed by atoms with van der Waals surface area (Å²) in [6.07, 6.45) is 1.33. The van der Waals surface area contributed by atoms with E-state index in [0.29, 0.717) is 19.4 Å². The lowest BCUT2D eigenvalue weighted by molar-refractivity contribution is -0.171. The van der Waals surface area contributed by atoms with E-state index in [2.05, 4.69) is 56.0 Å². The van der Waals surface area contributed by atoms with E-state index in [1.165, 1.54) is 11.8 Å². The van der Waals surface area contributed by atoms with Crippen molar-refractivity contribution in [3.63, 3.8) is 0 Å². The monoisotopic (exact) mass is 601 g/mol. The van der Waals surface area contributed by atoms with Crippen molar-refractivity contribution in [2.45, 2.75) is 68.1 Å². The Hall–Kier alpha value is -3.13. The summed E-state index contributed by atoms with van der Waals surface area (Å²) in [7, 11) is 0. The van der Waals surface area contributed by atoms with Crippen LogP contribution in [0.4, 0.5) is 0 Å². The maximum absolute atomic E-state index is 13.9. The summed E-state index contributed by atoms with van der Waals surface area (Å²) >= 11 is 1.33. The molecular formula is C36H43NO5S. The molecule has 43 heavy (non-hydrogen) atoms. The molecule has 0 aromatic heterocycles. The normalized spacial score (nSPS) is 21.4. The van der Waals surface area contributed by atoms with E-state index in [1.807, 2.05) is 49.4 Å². The van der Waals surface area contributed by atoms with Gasteiger partial charge in [0.25, 0.3) is 0 Å². The van der Waals surface area contributed by atoms with E-state index in [1.54, 1.807) is 0 Å². The number of hydrogen-bond acceptors (Lipinski definition) is 7. The van der Waals surface area contributed by atoms with Gasteiger partial charge in [0.15, 0.2) is 11.0 Å². The van der Waals surface area contributed by atoms with Crippen LogP contribution in [-0.2, 0) is 36.5 Å². The lowest BCUT2D eigenvalue weighted by Crippen LogP contribution is -2.47. The number of Topliss-reactive ketones (excluding diaryl/α,β-unsaturated/α-hetero) is 1. The van der Waals surface area contributed by atoms with Gasteiger partial charge in [0.2, 0.25) is 0 Å². The van der Waals surface area contributed by atoms with E-state index >= 15 is 0 Å². The zero-order chi connectivity index (χ0) is 30.5. The highest BCUT2D eigenvalue weighted by Gasteiger charge is 2.48. The molecule has 3 aromatic rings. The van der Waals surface area contributed by atoms with Crippen LogP contribution in [0.1, 0.15) is 55.9 Å². The van der Waals surface area contributed by atoms with Gasteiger partial charge in [0.1, 0.15) is 18.0 Å². The molecule has 2 atom stereocenters. The van der Waals surface area contributed by atoms with Gasteiger partial charge >= 0.3 is 5.97 Å². The maximum Gasteiger partial charge on any atom is 0.327 e. The predicted molar refractivity (Wildman–Crippen MR) is 171 cm³/mol. The van der Waals surface area contributed by atoms with Gasteiger partial charge in [-0.3, -0.25) is 14.5 Å². The molecule has 6 nitrogen and oxygen atoms in total. The van der Waals surface area contributed by atoms with Crippen LogP contribution in [0.15, 0.2) is 77.7 Å². The van der Waals surface area contributed by atoms with Gasteiger partial charge in [-0.25, -0.2) is 0 Å². The van der Waals surface area contributed by atoms with Gasteiger partial charge in [-0.1, -0.05) is 75.4 Å². The summed E-state index contributed by atoms with van der Waals surface area (Å²) in [5, 5.41) is -0.893. The minimum Gasteiger partial charge on any atom is -0.492 e.